The molecule has 0 aromatic carbocycles. The van der Waals surface area contributed by atoms with E-state index in [2.05, 4.69) is 20.9 Å². The van der Waals surface area contributed by atoms with Crippen molar-refractivity contribution < 1.29 is 9.84 Å². The van der Waals surface area contributed by atoms with Crippen molar-refractivity contribution in [3.8, 4) is 0 Å². The van der Waals surface area contributed by atoms with E-state index >= 15 is 0 Å². The van der Waals surface area contributed by atoms with Crippen LogP contribution in [0.2, 0.25) is 0 Å². The van der Waals surface area contributed by atoms with Crippen molar-refractivity contribution in [3.63, 3.8) is 0 Å². The van der Waals surface area contributed by atoms with Gasteiger partial charge in [-0.05, 0) is 53.2 Å². The predicted molar refractivity (Wildman–Crippen MR) is 65.1 cm³/mol. The molecule has 1 saturated heterocycles. The van der Waals surface area contributed by atoms with Crippen LogP contribution in [0, 0.1) is 0 Å². The Morgan fingerprint density at radius 1 is 1.56 bits per heavy atom. The molecule has 1 aromatic rings. The molecule has 4 heteroatoms. The van der Waals surface area contributed by atoms with Crippen molar-refractivity contribution in [2.24, 2.45) is 0 Å². The lowest BCUT2D eigenvalue weighted by molar-refractivity contribution is 0.0811. The van der Waals surface area contributed by atoms with Gasteiger partial charge in [0, 0.05) is 23.5 Å². The highest BCUT2D eigenvalue weighted by Gasteiger charge is 2.17. The van der Waals surface area contributed by atoms with Gasteiger partial charge in [0.25, 0.3) is 0 Å². The summed E-state index contributed by atoms with van der Waals surface area (Å²) in [5.74, 6) is 0. The van der Waals surface area contributed by atoms with Crippen molar-refractivity contribution >= 4 is 15.9 Å². The fraction of sp³-hybridized carbons (Fsp3) is 0.583. The molecule has 2 atom stereocenters. The van der Waals surface area contributed by atoms with Gasteiger partial charge in [-0.3, -0.25) is 4.98 Å². The van der Waals surface area contributed by atoms with Crippen LogP contribution in [0.4, 0.5) is 0 Å². The number of hydrogen-bond donors (Lipinski definition) is 1. The molecule has 2 heterocycles. The quantitative estimate of drug-likeness (QED) is 0.925. The van der Waals surface area contributed by atoms with Crippen LogP contribution in [0.3, 0.4) is 0 Å². The summed E-state index contributed by atoms with van der Waals surface area (Å²) in [5.41, 5.74) is 0.868. The van der Waals surface area contributed by atoms with Crippen molar-refractivity contribution in [1.82, 2.24) is 4.98 Å². The molecule has 3 nitrogen and oxygen atoms in total. The number of nitrogens with zero attached hydrogens (tertiary/aromatic N) is 1. The van der Waals surface area contributed by atoms with E-state index in [4.69, 9.17) is 4.74 Å². The van der Waals surface area contributed by atoms with E-state index in [-0.39, 0.29) is 0 Å². The van der Waals surface area contributed by atoms with Gasteiger partial charge in [0.15, 0.2) is 0 Å². The molecule has 1 fully saturated rings. The molecule has 88 valence electrons. The summed E-state index contributed by atoms with van der Waals surface area (Å²) in [6.45, 7) is 0.874. The highest BCUT2D eigenvalue weighted by molar-refractivity contribution is 9.10. The maximum absolute atomic E-state index is 9.99. The van der Waals surface area contributed by atoms with Gasteiger partial charge in [-0.1, -0.05) is 0 Å². The fourth-order valence-electron chi connectivity index (χ4n) is 1.99. The van der Waals surface area contributed by atoms with Crippen LogP contribution in [0.1, 0.15) is 37.4 Å². The highest BCUT2D eigenvalue weighted by Crippen LogP contribution is 2.24. The topological polar surface area (TPSA) is 42.4 Å². The third-order valence-electron chi connectivity index (χ3n) is 2.90. The van der Waals surface area contributed by atoms with E-state index in [0.29, 0.717) is 6.10 Å². The number of pyridine rings is 1. The Bertz CT molecular complexity index is 340. The van der Waals surface area contributed by atoms with Crippen LogP contribution in [0.25, 0.3) is 0 Å². The predicted octanol–water partition coefficient (Wildman–Crippen LogP) is 2.84. The third kappa shape index (κ3) is 3.27. The normalized spacial score (nSPS) is 22.2. The van der Waals surface area contributed by atoms with E-state index in [1.807, 2.05) is 6.07 Å². The van der Waals surface area contributed by atoms with Gasteiger partial charge >= 0.3 is 0 Å². The van der Waals surface area contributed by atoms with Crippen molar-refractivity contribution in [2.45, 2.75) is 37.9 Å². The summed E-state index contributed by atoms with van der Waals surface area (Å²) >= 11 is 3.35. The summed E-state index contributed by atoms with van der Waals surface area (Å²) in [7, 11) is 0. The smallest absolute Gasteiger partial charge is 0.0806 e. The van der Waals surface area contributed by atoms with E-state index in [1.54, 1.807) is 12.4 Å². The molecule has 2 unspecified atom stereocenters. The molecule has 1 aliphatic rings. The molecular weight excluding hydrogens is 270 g/mol. The molecule has 0 radical (unpaired) electrons. The molecule has 1 aromatic heterocycles. The third-order valence-corrected chi connectivity index (χ3v) is 3.33. The highest BCUT2D eigenvalue weighted by atomic mass is 79.9. The standard InChI is InChI=1S/C12H16BrNO2/c13-10-6-9(7-14-8-10)12(15)4-3-11-2-1-5-16-11/h6-8,11-12,15H,1-5H2. The number of hydrogen-bond acceptors (Lipinski definition) is 3. The molecule has 0 amide bonds. The van der Waals surface area contributed by atoms with E-state index in [1.165, 1.54) is 0 Å². The number of aliphatic hydroxyl groups is 1. The van der Waals surface area contributed by atoms with Crippen molar-refractivity contribution in [1.29, 1.82) is 0 Å². The maximum atomic E-state index is 9.99. The second kappa shape index (κ2) is 5.75. The first-order valence-electron chi connectivity index (χ1n) is 5.66. The first-order chi connectivity index (χ1) is 7.75. The zero-order chi connectivity index (χ0) is 11.4. The minimum Gasteiger partial charge on any atom is -0.388 e. The summed E-state index contributed by atoms with van der Waals surface area (Å²) < 4.78 is 6.43. The molecular formula is C12H16BrNO2. The van der Waals surface area contributed by atoms with Crippen molar-refractivity contribution in [3.05, 3.63) is 28.5 Å². The van der Waals surface area contributed by atoms with E-state index in [0.717, 1.165) is 42.3 Å². The minimum atomic E-state index is -0.436. The van der Waals surface area contributed by atoms with Gasteiger partial charge in [-0.2, -0.15) is 0 Å². The second-order valence-electron chi connectivity index (χ2n) is 4.16. The first-order valence-corrected chi connectivity index (χ1v) is 6.45. The van der Waals surface area contributed by atoms with Gasteiger partial charge in [-0.15, -0.1) is 0 Å². The van der Waals surface area contributed by atoms with E-state index < -0.39 is 6.10 Å². The van der Waals surface area contributed by atoms with Crippen LogP contribution < -0.4 is 0 Å². The molecule has 2 rings (SSSR count). The Hall–Kier alpha value is -0.450. The Balaban J connectivity index is 1.85. The number of halogens is 1. The monoisotopic (exact) mass is 285 g/mol. The average molecular weight is 286 g/mol. The van der Waals surface area contributed by atoms with Gasteiger partial charge in [0.2, 0.25) is 0 Å². The lowest BCUT2D eigenvalue weighted by Crippen LogP contribution is -2.08. The van der Waals surface area contributed by atoms with Crippen LogP contribution in [-0.4, -0.2) is 22.8 Å². The zero-order valence-corrected chi connectivity index (χ0v) is 10.7. The molecule has 1 N–H and O–H groups in total. The van der Waals surface area contributed by atoms with Gasteiger partial charge in [0.05, 0.1) is 12.2 Å². The van der Waals surface area contributed by atoms with E-state index in [9.17, 15) is 5.11 Å². The number of ether oxygens (including phenoxy) is 1. The lowest BCUT2D eigenvalue weighted by Gasteiger charge is -2.13. The number of aromatic nitrogens is 1. The molecule has 0 spiro atoms. The van der Waals surface area contributed by atoms with Gasteiger partial charge in [0.1, 0.15) is 0 Å². The van der Waals surface area contributed by atoms with Gasteiger partial charge in [-0.25, -0.2) is 0 Å². The van der Waals surface area contributed by atoms with Gasteiger partial charge < -0.3 is 9.84 Å². The average Bonchev–Trinajstić information content (AvgIpc) is 2.78. The second-order valence-corrected chi connectivity index (χ2v) is 5.08. The Labute approximate surface area is 104 Å². The number of rotatable bonds is 4. The lowest BCUT2D eigenvalue weighted by atomic mass is 10.0. The molecule has 0 bridgehead atoms. The van der Waals surface area contributed by atoms with Crippen molar-refractivity contribution in [2.75, 3.05) is 6.61 Å². The maximum Gasteiger partial charge on any atom is 0.0806 e. The molecule has 1 aliphatic heterocycles. The van der Waals surface area contributed by atoms with Crippen LogP contribution in [0.15, 0.2) is 22.9 Å². The summed E-state index contributed by atoms with van der Waals surface area (Å²) in [5, 5.41) is 9.99. The molecule has 16 heavy (non-hydrogen) atoms. The Kier molecular flexibility index (Phi) is 4.32. The zero-order valence-electron chi connectivity index (χ0n) is 9.10. The van der Waals surface area contributed by atoms with Crippen LogP contribution >= 0.6 is 15.9 Å². The van der Waals surface area contributed by atoms with Crippen LogP contribution in [0.5, 0.6) is 0 Å². The summed E-state index contributed by atoms with van der Waals surface area (Å²) in [6.07, 6.45) is 7.28. The first kappa shape index (κ1) is 12.0. The molecule has 0 saturated carbocycles. The van der Waals surface area contributed by atoms with Crippen LogP contribution in [-0.2, 0) is 4.74 Å². The largest absolute Gasteiger partial charge is 0.388 e. The minimum absolute atomic E-state index is 0.342. The summed E-state index contributed by atoms with van der Waals surface area (Å²) in [4.78, 5) is 4.05. The Morgan fingerprint density at radius 3 is 3.12 bits per heavy atom. The Morgan fingerprint density at radius 2 is 2.44 bits per heavy atom. The summed E-state index contributed by atoms with van der Waals surface area (Å²) in [6, 6.07) is 1.91. The number of aliphatic hydroxyl groups excluding tert-OH is 1. The fourth-order valence-corrected chi connectivity index (χ4v) is 2.38. The SMILES string of the molecule is OC(CCC1CCCO1)c1cncc(Br)c1. The molecule has 0 aliphatic carbocycles.